The molecule has 0 saturated heterocycles. The van der Waals surface area contributed by atoms with E-state index in [0.717, 1.165) is 28.0 Å². The fourth-order valence-electron chi connectivity index (χ4n) is 3.43. The highest BCUT2D eigenvalue weighted by Crippen LogP contribution is 2.29. The van der Waals surface area contributed by atoms with Crippen LogP contribution in [0.25, 0.3) is 11.0 Å². The molecule has 0 bridgehead atoms. The molecule has 0 aliphatic heterocycles. The van der Waals surface area contributed by atoms with Crippen LogP contribution < -0.4 is 9.47 Å². The molecule has 0 unspecified atom stereocenters. The second kappa shape index (κ2) is 8.36. The van der Waals surface area contributed by atoms with Crippen LogP contribution >= 0.6 is 23.2 Å². The first-order valence-electron chi connectivity index (χ1n) is 9.18. The number of benzene rings is 3. The smallest absolute Gasteiger partial charge is 0.161 e. The van der Waals surface area contributed by atoms with Crippen molar-refractivity contribution in [3.63, 3.8) is 0 Å². The summed E-state index contributed by atoms with van der Waals surface area (Å²) in [5.41, 5.74) is 4.20. The van der Waals surface area contributed by atoms with Crippen molar-refractivity contribution in [2.45, 2.75) is 13.0 Å². The minimum atomic E-state index is 0.551. The minimum Gasteiger partial charge on any atom is -0.493 e. The third kappa shape index (κ3) is 4.04. The molecular weight excluding hydrogens is 407 g/mol. The van der Waals surface area contributed by atoms with Crippen molar-refractivity contribution >= 4 is 34.2 Å². The molecule has 3 aromatic carbocycles. The van der Waals surface area contributed by atoms with Gasteiger partial charge in [-0.2, -0.15) is 0 Å². The van der Waals surface area contributed by atoms with Crippen molar-refractivity contribution in [2.24, 2.45) is 0 Å². The number of rotatable bonds is 6. The molecule has 4 nitrogen and oxygen atoms in total. The first kappa shape index (κ1) is 19.6. The maximum atomic E-state index is 6.22. The first-order valence-corrected chi connectivity index (χ1v) is 9.93. The highest BCUT2D eigenvalue weighted by molar-refractivity contribution is 6.42. The first-order chi connectivity index (χ1) is 14.1. The predicted octanol–water partition coefficient (Wildman–Crippen LogP) is 6.00. The van der Waals surface area contributed by atoms with E-state index in [4.69, 9.17) is 37.7 Å². The molecule has 6 heteroatoms. The summed E-state index contributed by atoms with van der Waals surface area (Å²) in [5.74, 6) is 2.38. The Bertz CT molecular complexity index is 1170. The normalized spacial score (nSPS) is 11.0. The van der Waals surface area contributed by atoms with Crippen LogP contribution in [0.5, 0.6) is 11.5 Å². The van der Waals surface area contributed by atoms with E-state index in [1.807, 2.05) is 54.6 Å². The molecule has 0 amide bonds. The number of imidazole rings is 1. The van der Waals surface area contributed by atoms with Crippen LogP contribution in [0, 0.1) is 0 Å². The Labute approximate surface area is 179 Å². The van der Waals surface area contributed by atoms with E-state index < -0.39 is 0 Å². The molecule has 4 rings (SSSR count). The maximum absolute atomic E-state index is 6.22. The summed E-state index contributed by atoms with van der Waals surface area (Å²) in [7, 11) is 3.27. The number of hydrogen-bond acceptors (Lipinski definition) is 3. The van der Waals surface area contributed by atoms with Crippen molar-refractivity contribution in [2.75, 3.05) is 14.2 Å². The molecule has 0 aliphatic rings. The Morgan fingerprint density at radius 1 is 0.828 bits per heavy atom. The van der Waals surface area contributed by atoms with Gasteiger partial charge in [-0.3, -0.25) is 0 Å². The summed E-state index contributed by atoms with van der Waals surface area (Å²) in [6, 6.07) is 19.8. The number of fused-ring (bicyclic) bond motifs is 1. The average molecular weight is 427 g/mol. The minimum absolute atomic E-state index is 0.551. The molecule has 0 aliphatic carbocycles. The second-order valence-electron chi connectivity index (χ2n) is 6.72. The molecule has 0 atom stereocenters. The van der Waals surface area contributed by atoms with E-state index in [9.17, 15) is 0 Å². The highest BCUT2D eigenvalue weighted by Gasteiger charge is 2.14. The van der Waals surface area contributed by atoms with E-state index in [-0.39, 0.29) is 0 Å². The largest absolute Gasteiger partial charge is 0.493 e. The van der Waals surface area contributed by atoms with Crippen molar-refractivity contribution in [3.8, 4) is 11.5 Å². The lowest BCUT2D eigenvalue weighted by Crippen LogP contribution is -2.06. The summed E-state index contributed by atoms with van der Waals surface area (Å²) in [6.07, 6.45) is 0.663. The number of para-hydroxylation sites is 2. The molecule has 1 aromatic heterocycles. The van der Waals surface area contributed by atoms with Crippen molar-refractivity contribution in [1.82, 2.24) is 9.55 Å². The van der Waals surface area contributed by atoms with Gasteiger partial charge in [0.2, 0.25) is 0 Å². The Balaban J connectivity index is 1.74. The summed E-state index contributed by atoms with van der Waals surface area (Å²) in [4.78, 5) is 4.87. The molecule has 1 heterocycles. The molecule has 0 saturated carbocycles. The van der Waals surface area contributed by atoms with Gasteiger partial charge in [0, 0.05) is 13.0 Å². The van der Waals surface area contributed by atoms with E-state index in [1.165, 1.54) is 0 Å². The Morgan fingerprint density at radius 2 is 1.59 bits per heavy atom. The predicted molar refractivity (Wildman–Crippen MR) is 118 cm³/mol. The maximum Gasteiger partial charge on any atom is 0.161 e. The topological polar surface area (TPSA) is 36.3 Å². The molecule has 4 aromatic rings. The van der Waals surface area contributed by atoms with Gasteiger partial charge in [-0.15, -0.1) is 0 Å². The number of nitrogens with zero attached hydrogens (tertiary/aromatic N) is 2. The van der Waals surface area contributed by atoms with E-state index in [2.05, 4.69) is 10.6 Å². The molecular formula is C23H20Cl2N2O2. The number of halogens is 2. The van der Waals surface area contributed by atoms with Gasteiger partial charge in [-0.1, -0.05) is 47.5 Å². The standard InChI is InChI=1S/C23H20Cl2N2O2/c1-28-21-10-8-15(12-22(21)29-2)13-23-26-19-5-3-4-6-20(19)27(23)14-16-7-9-17(24)18(25)11-16/h3-12H,13-14H2,1-2H3. The quantitative estimate of drug-likeness (QED) is 0.379. The van der Waals surface area contributed by atoms with E-state index in [0.29, 0.717) is 34.5 Å². The van der Waals surface area contributed by atoms with Crippen molar-refractivity contribution in [3.05, 3.63) is 87.7 Å². The third-order valence-corrected chi connectivity index (χ3v) is 5.61. The third-order valence-electron chi connectivity index (χ3n) is 4.87. The van der Waals surface area contributed by atoms with E-state index >= 15 is 0 Å². The van der Waals surface area contributed by atoms with Crippen LogP contribution in [-0.4, -0.2) is 23.8 Å². The SMILES string of the molecule is COc1ccc(Cc2nc3ccccc3n2Cc2ccc(Cl)c(Cl)c2)cc1OC. The van der Waals surface area contributed by atoms with Crippen molar-refractivity contribution in [1.29, 1.82) is 0 Å². The summed E-state index contributed by atoms with van der Waals surface area (Å²) < 4.78 is 13.0. The molecule has 148 valence electrons. The van der Waals surface area contributed by atoms with Gasteiger partial charge in [0.15, 0.2) is 11.5 Å². The molecule has 29 heavy (non-hydrogen) atoms. The monoisotopic (exact) mass is 426 g/mol. The Hall–Kier alpha value is -2.69. The number of aromatic nitrogens is 2. The molecule has 0 spiro atoms. The number of ether oxygens (including phenoxy) is 2. The number of hydrogen-bond donors (Lipinski definition) is 0. The van der Waals surface area contributed by atoms with Crippen LogP contribution in [0.1, 0.15) is 17.0 Å². The second-order valence-corrected chi connectivity index (χ2v) is 7.53. The van der Waals surface area contributed by atoms with Crippen LogP contribution in [0.2, 0.25) is 10.0 Å². The number of methoxy groups -OCH3 is 2. The highest BCUT2D eigenvalue weighted by atomic mass is 35.5. The summed E-state index contributed by atoms with van der Waals surface area (Å²) in [6.45, 7) is 0.653. The lowest BCUT2D eigenvalue weighted by molar-refractivity contribution is 0.354. The Morgan fingerprint density at radius 3 is 2.34 bits per heavy atom. The molecule has 0 N–H and O–H groups in total. The molecule has 0 fully saturated rings. The van der Waals surface area contributed by atoms with Gasteiger partial charge in [0.05, 0.1) is 35.3 Å². The van der Waals surface area contributed by atoms with Crippen LogP contribution in [0.3, 0.4) is 0 Å². The van der Waals surface area contributed by atoms with Gasteiger partial charge < -0.3 is 14.0 Å². The van der Waals surface area contributed by atoms with Gasteiger partial charge in [-0.05, 0) is 47.5 Å². The van der Waals surface area contributed by atoms with Gasteiger partial charge in [0.25, 0.3) is 0 Å². The van der Waals surface area contributed by atoms with Gasteiger partial charge in [0.1, 0.15) is 5.82 Å². The van der Waals surface area contributed by atoms with Crippen LogP contribution in [-0.2, 0) is 13.0 Å². The zero-order valence-electron chi connectivity index (χ0n) is 16.2. The fraction of sp³-hybridized carbons (Fsp3) is 0.174. The van der Waals surface area contributed by atoms with Crippen molar-refractivity contribution < 1.29 is 9.47 Å². The van der Waals surface area contributed by atoms with Crippen LogP contribution in [0.4, 0.5) is 0 Å². The average Bonchev–Trinajstić information content (AvgIpc) is 3.07. The fourth-order valence-corrected chi connectivity index (χ4v) is 3.75. The summed E-state index contributed by atoms with van der Waals surface area (Å²) >= 11 is 12.3. The van der Waals surface area contributed by atoms with Gasteiger partial charge >= 0.3 is 0 Å². The van der Waals surface area contributed by atoms with E-state index in [1.54, 1.807) is 14.2 Å². The Kier molecular flexibility index (Phi) is 5.65. The zero-order valence-corrected chi connectivity index (χ0v) is 17.7. The lowest BCUT2D eigenvalue weighted by atomic mass is 10.1. The summed E-state index contributed by atoms with van der Waals surface area (Å²) in [5, 5.41) is 1.10. The van der Waals surface area contributed by atoms with Crippen LogP contribution in [0.15, 0.2) is 60.7 Å². The lowest BCUT2D eigenvalue weighted by Gasteiger charge is -2.12. The zero-order chi connectivity index (χ0) is 20.4. The molecule has 0 radical (unpaired) electrons. The van der Waals surface area contributed by atoms with Gasteiger partial charge in [-0.25, -0.2) is 4.98 Å².